The maximum absolute atomic E-state index is 12.5. The average molecular weight is 268 g/mol. The molecule has 0 fully saturated rings. The SMILES string of the molecule is COc1ccc2c(c1)C(=O)c1c(O)cc(C)cc1C2=O. The van der Waals surface area contributed by atoms with Gasteiger partial charge < -0.3 is 9.84 Å². The molecule has 0 saturated carbocycles. The summed E-state index contributed by atoms with van der Waals surface area (Å²) in [5, 5.41) is 9.97. The fourth-order valence-electron chi connectivity index (χ4n) is 2.50. The molecule has 0 atom stereocenters. The summed E-state index contributed by atoms with van der Waals surface area (Å²) in [6.45, 7) is 1.77. The molecule has 1 N–H and O–H groups in total. The lowest BCUT2D eigenvalue weighted by Gasteiger charge is -2.19. The molecule has 0 radical (unpaired) electrons. The van der Waals surface area contributed by atoms with Gasteiger partial charge in [-0.3, -0.25) is 9.59 Å². The third-order valence-electron chi connectivity index (χ3n) is 3.45. The van der Waals surface area contributed by atoms with Gasteiger partial charge >= 0.3 is 0 Å². The lowest BCUT2D eigenvalue weighted by Crippen LogP contribution is -2.21. The van der Waals surface area contributed by atoms with Crippen molar-refractivity contribution in [3.8, 4) is 11.5 Å². The standard InChI is InChI=1S/C16H12O4/c1-8-5-12-14(13(17)6-8)16(19)11-7-9(20-2)3-4-10(11)15(12)18/h3-7,17H,1-2H3. The number of ether oxygens (including phenoxy) is 1. The first-order valence-electron chi connectivity index (χ1n) is 6.14. The maximum Gasteiger partial charge on any atom is 0.198 e. The summed E-state index contributed by atoms with van der Waals surface area (Å²) in [7, 11) is 1.49. The molecule has 0 bridgehead atoms. The average Bonchev–Trinajstić information content (AvgIpc) is 2.43. The van der Waals surface area contributed by atoms with Gasteiger partial charge in [-0.1, -0.05) is 0 Å². The normalized spacial score (nSPS) is 12.9. The summed E-state index contributed by atoms with van der Waals surface area (Å²) in [6, 6.07) is 7.86. The number of carbonyl (C=O) groups is 2. The van der Waals surface area contributed by atoms with Crippen molar-refractivity contribution >= 4 is 11.6 Å². The van der Waals surface area contributed by atoms with Crippen LogP contribution in [0.1, 0.15) is 37.4 Å². The number of rotatable bonds is 1. The van der Waals surface area contributed by atoms with Gasteiger partial charge in [-0.05, 0) is 42.8 Å². The lowest BCUT2D eigenvalue weighted by molar-refractivity contribution is 0.0976. The van der Waals surface area contributed by atoms with Crippen LogP contribution in [0, 0.1) is 6.92 Å². The molecule has 3 rings (SSSR count). The van der Waals surface area contributed by atoms with E-state index in [0.29, 0.717) is 11.3 Å². The van der Waals surface area contributed by atoms with Crippen LogP contribution in [0.15, 0.2) is 30.3 Å². The third-order valence-corrected chi connectivity index (χ3v) is 3.45. The highest BCUT2D eigenvalue weighted by Gasteiger charge is 2.32. The quantitative estimate of drug-likeness (QED) is 0.736. The Morgan fingerprint density at radius 1 is 0.950 bits per heavy atom. The van der Waals surface area contributed by atoms with Crippen LogP contribution in [0.25, 0.3) is 0 Å². The van der Waals surface area contributed by atoms with Gasteiger partial charge in [0.25, 0.3) is 0 Å². The predicted molar refractivity (Wildman–Crippen MR) is 72.7 cm³/mol. The van der Waals surface area contributed by atoms with Gasteiger partial charge in [0, 0.05) is 16.7 Å². The van der Waals surface area contributed by atoms with Crippen molar-refractivity contribution in [2.45, 2.75) is 6.92 Å². The van der Waals surface area contributed by atoms with Gasteiger partial charge in [-0.15, -0.1) is 0 Å². The molecule has 4 nitrogen and oxygen atoms in total. The van der Waals surface area contributed by atoms with Gasteiger partial charge in [-0.2, -0.15) is 0 Å². The zero-order valence-corrected chi connectivity index (χ0v) is 11.1. The number of hydrogen-bond acceptors (Lipinski definition) is 4. The molecule has 0 amide bonds. The highest BCUT2D eigenvalue weighted by atomic mass is 16.5. The molecule has 0 spiro atoms. The summed E-state index contributed by atoms with van der Waals surface area (Å²) in [4.78, 5) is 24.9. The molecular weight excluding hydrogens is 256 g/mol. The van der Waals surface area contributed by atoms with E-state index in [1.165, 1.54) is 19.2 Å². The summed E-state index contributed by atoms with van der Waals surface area (Å²) in [5.41, 5.74) is 1.67. The summed E-state index contributed by atoms with van der Waals surface area (Å²) >= 11 is 0. The number of aromatic hydroxyl groups is 1. The molecule has 100 valence electrons. The molecule has 0 unspecified atom stereocenters. The van der Waals surface area contributed by atoms with Crippen molar-refractivity contribution < 1.29 is 19.4 Å². The van der Waals surface area contributed by atoms with Gasteiger partial charge in [0.2, 0.25) is 0 Å². The summed E-state index contributed by atoms with van der Waals surface area (Å²) in [5.74, 6) is -0.269. The van der Waals surface area contributed by atoms with E-state index < -0.39 is 0 Å². The Bertz CT molecular complexity index is 759. The molecule has 2 aromatic rings. The fraction of sp³-hybridized carbons (Fsp3) is 0.125. The lowest BCUT2D eigenvalue weighted by atomic mass is 9.83. The number of carbonyl (C=O) groups excluding carboxylic acids is 2. The minimum atomic E-state index is -0.356. The second kappa shape index (κ2) is 4.20. The zero-order chi connectivity index (χ0) is 14.4. The van der Waals surface area contributed by atoms with Crippen molar-refractivity contribution in [2.24, 2.45) is 0 Å². The second-order valence-electron chi connectivity index (χ2n) is 4.78. The smallest absolute Gasteiger partial charge is 0.198 e. The first-order valence-corrected chi connectivity index (χ1v) is 6.14. The predicted octanol–water partition coefficient (Wildman–Crippen LogP) is 2.48. The van der Waals surface area contributed by atoms with Crippen LogP contribution in [0.4, 0.5) is 0 Å². The van der Waals surface area contributed by atoms with Crippen LogP contribution in [0.5, 0.6) is 11.5 Å². The van der Waals surface area contributed by atoms with Crippen molar-refractivity contribution in [1.29, 1.82) is 0 Å². The number of fused-ring (bicyclic) bond motifs is 2. The molecule has 4 heteroatoms. The number of aryl methyl sites for hydroxylation is 1. The third kappa shape index (κ3) is 1.61. The van der Waals surface area contributed by atoms with Gasteiger partial charge in [0.1, 0.15) is 11.5 Å². The molecule has 0 aliphatic heterocycles. The Hall–Kier alpha value is -2.62. The number of phenols is 1. The van der Waals surface area contributed by atoms with Crippen molar-refractivity contribution in [3.05, 3.63) is 58.1 Å². The zero-order valence-electron chi connectivity index (χ0n) is 11.1. The molecule has 0 aromatic heterocycles. The van der Waals surface area contributed by atoms with Crippen LogP contribution >= 0.6 is 0 Å². The molecule has 0 heterocycles. The first kappa shape index (κ1) is 12.4. The Morgan fingerprint density at radius 2 is 1.70 bits per heavy atom. The molecular formula is C16H12O4. The molecule has 20 heavy (non-hydrogen) atoms. The van der Waals surface area contributed by atoms with E-state index in [-0.39, 0.29) is 34.0 Å². The number of hydrogen-bond donors (Lipinski definition) is 1. The van der Waals surface area contributed by atoms with Crippen LogP contribution in [-0.4, -0.2) is 23.8 Å². The van der Waals surface area contributed by atoms with Crippen LogP contribution in [0.3, 0.4) is 0 Å². The Balaban J connectivity index is 2.30. The molecule has 0 saturated heterocycles. The molecule has 1 aliphatic carbocycles. The fourth-order valence-corrected chi connectivity index (χ4v) is 2.50. The van der Waals surface area contributed by atoms with E-state index in [2.05, 4.69) is 0 Å². The van der Waals surface area contributed by atoms with Crippen LogP contribution in [-0.2, 0) is 0 Å². The largest absolute Gasteiger partial charge is 0.507 e. The van der Waals surface area contributed by atoms with Gasteiger partial charge in [-0.25, -0.2) is 0 Å². The monoisotopic (exact) mass is 268 g/mol. The summed E-state index contributed by atoms with van der Waals surface area (Å²) in [6.07, 6.45) is 0. The van der Waals surface area contributed by atoms with Gasteiger partial charge in [0.05, 0.1) is 12.7 Å². The van der Waals surface area contributed by atoms with E-state index in [1.807, 2.05) is 0 Å². The Morgan fingerprint density at radius 3 is 2.40 bits per heavy atom. The van der Waals surface area contributed by atoms with E-state index in [9.17, 15) is 14.7 Å². The maximum atomic E-state index is 12.5. The Labute approximate surface area is 115 Å². The highest BCUT2D eigenvalue weighted by Crippen LogP contribution is 2.34. The van der Waals surface area contributed by atoms with Crippen molar-refractivity contribution in [1.82, 2.24) is 0 Å². The number of ketones is 2. The van der Waals surface area contributed by atoms with Crippen LogP contribution < -0.4 is 4.74 Å². The summed E-state index contributed by atoms with van der Waals surface area (Å²) < 4.78 is 5.08. The molecule has 1 aliphatic rings. The number of benzene rings is 2. The van der Waals surface area contributed by atoms with E-state index in [0.717, 1.165) is 5.56 Å². The van der Waals surface area contributed by atoms with E-state index >= 15 is 0 Å². The number of methoxy groups -OCH3 is 1. The Kier molecular flexibility index (Phi) is 2.61. The minimum absolute atomic E-state index is 0.0707. The molecule has 2 aromatic carbocycles. The van der Waals surface area contributed by atoms with Crippen LogP contribution in [0.2, 0.25) is 0 Å². The topological polar surface area (TPSA) is 63.6 Å². The van der Waals surface area contributed by atoms with E-state index in [1.54, 1.807) is 25.1 Å². The van der Waals surface area contributed by atoms with Crippen molar-refractivity contribution in [3.63, 3.8) is 0 Å². The van der Waals surface area contributed by atoms with Crippen molar-refractivity contribution in [2.75, 3.05) is 7.11 Å². The van der Waals surface area contributed by atoms with Gasteiger partial charge in [0.15, 0.2) is 11.6 Å². The highest BCUT2D eigenvalue weighted by molar-refractivity contribution is 6.29. The minimum Gasteiger partial charge on any atom is -0.507 e. The first-order chi connectivity index (χ1) is 9.52. The number of phenolic OH excluding ortho intramolecular Hbond substituents is 1. The second-order valence-corrected chi connectivity index (χ2v) is 4.78. The van der Waals surface area contributed by atoms with E-state index in [4.69, 9.17) is 4.74 Å².